The largest absolute Gasteiger partial charge is 0.434 e. The van der Waals surface area contributed by atoms with Crippen LogP contribution >= 0.6 is 11.3 Å². The average Bonchev–Trinajstić information content (AvgIpc) is 3.33. The number of fused-ring (bicyclic) bond motifs is 3. The minimum atomic E-state index is -4.24. The minimum absolute atomic E-state index is 0.0169. The Balaban J connectivity index is 1.42. The zero-order valence-corrected chi connectivity index (χ0v) is 30.3. The molecule has 280 valence electrons. The summed E-state index contributed by atoms with van der Waals surface area (Å²) in [5.74, 6) is -2.19. The quantitative estimate of drug-likeness (QED) is 0.236. The maximum Gasteiger partial charge on any atom is 0.387 e. The molecule has 3 aliphatic rings. The Labute approximate surface area is 299 Å². The van der Waals surface area contributed by atoms with Crippen LogP contribution < -0.4 is 20.7 Å². The predicted molar refractivity (Wildman–Crippen MR) is 182 cm³/mol. The van der Waals surface area contributed by atoms with Crippen molar-refractivity contribution >= 4 is 37.5 Å². The molecule has 2 saturated heterocycles. The summed E-state index contributed by atoms with van der Waals surface area (Å²) >= 11 is 1.00. The van der Waals surface area contributed by atoms with Crippen molar-refractivity contribution < 1.29 is 40.6 Å². The van der Waals surface area contributed by atoms with E-state index in [1.807, 2.05) is 0 Å². The highest BCUT2D eigenvalue weighted by molar-refractivity contribution is 7.91. The van der Waals surface area contributed by atoms with Gasteiger partial charge in [-0.2, -0.15) is 19.0 Å². The van der Waals surface area contributed by atoms with Gasteiger partial charge in [0.25, 0.3) is 11.5 Å². The number of halogens is 3. The molecule has 2 bridgehead atoms. The standard InChI is InChI=1S/C33H37F3N6O8S2/c1-17-25-26(43)41(33(9-10-33)29(44)39-52(46,47)32(2,3)4)31(45)40(28(25)51-27(17)42-37-11-12-38-42)16-24(49-21-14-19-6-7-20(15-21)48-19)22-13-18(34)5-8-23(22)50-30(35)36/h5,8,11-13,19-21,24,30H,6-7,9-10,14-16H2,1-4H3,(H,39,44)/t19-,20+,21-,24-/m0/s1. The first-order chi connectivity index (χ1) is 24.5. The summed E-state index contributed by atoms with van der Waals surface area (Å²) < 4.78 is 88.2. The van der Waals surface area contributed by atoms with E-state index < -0.39 is 68.6 Å². The number of carbonyl (C=O) groups is 1. The van der Waals surface area contributed by atoms with Crippen LogP contribution in [0, 0.1) is 12.7 Å². The zero-order chi connectivity index (χ0) is 37.3. The van der Waals surface area contributed by atoms with Crippen molar-refractivity contribution in [1.29, 1.82) is 0 Å². The second-order valence-corrected chi connectivity index (χ2v) is 17.8. The zero-order valence-electron chi connectivity index (χ0n) is 28.7. The molecule has 52 heavy (non-hydrogen) atoms. The molecular formula is C33H37F3N6O8S2. The van der Waals surface area contributed by atoms with Gasteiger partial charge in [-0.15, -0.1) is 4.80 Å². The SMILES string of the molecule is Cc1c(-n2nccn2)sc2c1c(=O)n(C1(C(=O)NS(=O)(=O)C(C)(C)C)CC1)c(=O)n2C[C@H](O[C@@H]1C[C@H]2CC[C@@H](C1)O2)c1cc(F)ccc1OC(F)F. The summed E-state index contributed by atoms with van der Waals surface area (Å²) in [7, 11) is -4.24. The Hall–Kier alpha value is -4.07. The average molecular weight is 767 g/mol. The van der Waals surface area contributed by atoms with Gasteiger partial charge in [0.2, 0.25) is 10.0 Å². The van der Waals surface area contributed by atoms with Gasteiger partial charge < -0.3 is 14.2 Å². The monoisotopic (exact) mass is 766 g/mol. The lowest BCUT2D eigenvalue weighted by Crippen LogP contribution is -2.54. The smallest absolute Gasteiger partial charge is 0.387 e. The van der Waals surface area contributed by atoms with Crippen LogP contribution in [0.15, 0.2) is 40.2 Å². The molecule has 14 nitrogen and oxygen atoms in total. The van der Waals surface area contributed by atoms with Gasteiger partial charge in [0.05, 0.1) is 47.4 Å². The Morgan fingerprint density at radius 2 is 1.79 bits per heavy atom. The molecule has 1 N–H and O–H groups in total. The Morgan fingerprint density at radius 1 is 1.13 bits per heavy atom. The molecule has 1 aliphatic carbocycles. The van der Waals surface area contributed by atoms with Crippen molar-refractivity contribution in [3.05, 3.63) is 68.4 Å². The normalized spacial score (nSPS) is 21.8. The number of amides is 1. The lowest BCUT2D eigenvalue weighted by molar-refractivity contribution is -0.124. The first-order valence-electron chi connectivity index (χ1n) is 16.8. The van der Waals surface area contributed by atoms with Crippen LogP contribution in [0.4, 0.5) is 13.2 Å². The van der Waals surface area contributed by atoms with Gasteiger partial charge in [0.15, 0.2) is 0 Å². The fourth-order valence-electron chi connectivity index (χ4n) is 6.93. The summed E-state index contributed by atoms with van der Waals surface area (Å²) in [6, 6.07) is 3.02. The molecule has 5 heterocycles. The number of aryl methyl sites for hydroxylation is 1. The van der Waals surface area contributed by atoms with Crippen molar-refractivity contribution in [3.8, 4) is 10.8 Å². The number of benzene rings is 1. The molecule has 1 amide bonds. The van der Waals surface area contributed by atoms with Crippen LogP contribution in [0.5, 0.6) is 5.75 Å². The van der Waals surface area contributed by atoms with Crippen LogP contribution in [0.25, 0.3) is 15.2 Å². The predicted octanol–water partition coefficient (Wildman–Crippen LogP) is 4.06. The Kier molecular flexibility index (Phi) is 9.14. The highest BCUT2D eigenvalue weighted by Gasteiger charge is 2.56. The van der Waals surface area contributed by atoms with Gasteiger partial charge in [-0.25, -0.2) is 22.2 Å². The lowest BCUT2D eigenvalue weighted by atomic mass is 10.0. The number of hydrogen-bond donors (Lipinski definition) is 1. The van der Waals surface area contributed by atoms with Gasteiger partial charge in [-0.1, -0.05) is 11.3 Å². The first-order valence-corrected chi connectivity index (χ1v) is 19.1. The number of nitrogens with one attached hydrogen (secondary N) is 1. The van der Waals surface area contributed by atoms with E-state index in [0.717, 1.165) is 46.9 Å². The molecule has 0 radical (unpaired) electrons. The van der Waals surface area contributed by atoms with E-state index in [9.17, 15) is 36.0 Å². The van der Waals surface area contributed by atoms with Crippen molar-refractivity contribution in [2.45, 2.75) is 114 Å². The molecule has 3 aromatic heterocycles. The van der Waals surface area contributed by atoms with E-state index in [1.54, 1.807) is 6.92 Å². The molecule has 3 fully saturated rings. The van der Waals surface area contributed by atoms with Crippen molar-refractivity contribution in [1.82, 2.24) is 28.9 Å². The Morgan fingerprint density at radius 3 is 2.38 bits per heavy atom. The van der Waals surface area contributed by atoms with Crippen molar-refractivity contribution in [3.63, 3.8) is 0 Å². The maximum atomic E-state index is 14.9. The number of ether oxygens (including phenoxy) is 3. The van der Waals surface area contributed by atoms with E-state index in [2.05, 4.69) is 14.9 Å². The molecule has 4 atom stereocenters. The van der Waals surface area contributed by atoms with Crippen molar-refractivity contribution in [2.75, 3.05) is 0 Å². The molecule has 1 aromatic carbocycles. The van der Waals surface area contributed by atoms with E-state index in [1.165, 1.54) is 42.5 Å². The van der Waals surface area contributed by atoms with Crippen LogP contribution in [-0.4, -0.2) is 68.1 Å². The maximum absolute atomic E-state index is 14.9. The van der Waals surface area contributed by atoms with Gasteiger partial charge in [-0.3, -0.25) is 18.9 Å². The van der Waals surface area contributed by atoms with E-state index in [0.29, 0.717) is 23.4 Å². The van der Waals surface area contributed by atoms with Crippen molar-refractivity contribution in [2.24, 2.45) is 0 Å². The van der Waals surface area contributed by atoms with Crippen LogP contribution in [0.1, 0.15) is 76.5 Å². The molecule has 0 spiro atoms. The number of hydrogen-bond acceptors (Lipinski definition) is 11. The van der Waals surface area contributed by atoms with Crippen LogP contribution in [0.2, 0.25) is 0 Å². The number of nitrogens with zero attached hydrogens (tertiary/aromatic N) is 5. The summed E-state index contributed by atoms with van der Waals surface area (Å²) in [6.07, 6.45) is 3.45. The highest BCUT2D eigenvalue weighted by Crippen LogP contribution is 2.44. The number of aromatic nitrogens is 5. The fraction of sp³-hybridized carbons (Fsp3) is 0.545. The number of thiophene rings is 1. The topological polar surface area (TPSA) is 166 Å². The lowest BCUT2D eigenvalue weighted by Gasteiger charge is -2.32. The molecule has 2 aliphatic heterocycles. The Bertz CT molecular complexity index is 2250. The number of alkyl halides is 2. The minimum Gasteiger partial charge on any atom is -0.434 e. The third-order valence-electron chi connectivity index (χ3n) is 9.88. The van der Waals surface area contributed by atoms with E-state index >= 15 is 0 Å². The summed E-state index contributed by atoms with van der Waals surface area (Å²) in [4.78, 5) is 44.3. The fourth-order valence-corrected chi connectivity index (χ4v) is 8.89. The van der Waals surface area contributed by atoms with Gasteiger partial charge in [0, 0.05) is 11.1 Å². The summed E-state index contributed by atoms with van der Waals surface area (Å²) in [6.45, 7) is 2.12. The van der Waals surface area contributed by atoms with Gasteiger partial charge in [0.1, 0.15) is 33.0 Å². The molecule has 7 rings (SSSR count). The number of rotatable bonds is 11. The molecule has 1 saturated carbocycles. The van der Waals surface area contributed by atoms with Gasteiger partial charge in [-0.05, 0) is 84.4 Å². The first kappa shape index (κ1) is 36.3. The number of carbonyl (C=O) groups excluding carboxylic acids is 1. The molecule has 0 unspecified atom stereocenters. The second kappa shape index (κ2) is 13.1. The van der Waals surface area contributed by atoms with E-state index in [4.69, 9.17) is 14.2 Å². The molecular weight excluding hydrogens is 730 g/mol. The van der Waals surface area contributed by atoms with E-state index in [-0.39, 0.29) is 46.6 Å². The van der Waals surface area contributed by atoms with Gasteiger partial charge >= 0.3 is 12.3 Å². The summed E-state index contributed by atoms with van der Waals surface area (Å²) in [5.41, 5.74) is -3.40. The third-order valence-corrected chi connectivity index (χ3v) is 13.2. The molecule has 4 aromatic rings. The third kappa shape index (κ3) is 6.45. The number of sulfonamides is 1. The second-order valence-electron chi connectivity index (χ2n) is 14.4. The highest BCUT2D eigenvalue weighted by atomic mass is 32.2. The summed E-state index contributed by atoms with van der Waals surface area (Å²) in [5, 5.41) is 8.76. The molecule has 19 heteroatoms. The van der Waals surface area contributed by atoms with Crippen LogP contribution in [0.3, 0.4) is 0 Å². The van der Waals surface area contributed by atoms with Crippen LogP contribution in [-0.2, 0) is 36.4 Å².